The van der Waals surface area contributed by atoms with E-state index < -0.39 is 11.5 Å². The molecule has 1 fully saturated rings. The van der Waals surface area contributed by atoms with E-state index in [2.05, 4.69) is 10.4 Å². The van der Waals surface area contributed by atoms with Crippen molar-refractivity contribution in [3.8, 4) is 0 Å². The van der Waals surface area contributed by atoms with Crippen molar-refractivity contribution in [3.63, 3.8) is 0 Å². The molecule has 1 amide bonds. The Morgan fingerprint density at radius 2 is 2.32 bits per heavy atom. The summed E-state index contributed by atoms with van der Waals surface area (Å²) in [7, 11) is 0. The molecule has 0 radical (unpaired) electrons. The highest BCUT2D eigenvalue weighted by Crippen LogP contribution is 2.18. The van der Waals surface area contributed by atoms with Crippen LogP contribution in [-0.4, -0.2) is 26.1 Å². The minimum atomic E-state index is -0.571. The van der Waals surface area contributed by atoms with Crippen LogP contribution in [-0.2, 0) is 11.3 Å². The molecule has 1 aliphatic carbocycles. The number of fused-ring (bicyclic) bond motifs is 1. The fourth-order valence-corrected chi connectivity index (χ4v) is 1.94. The molecule has 1 saturated carbocycles. The minimum absolute atomic E-state index is 0.0604. The molecule has 6 nitrogen and oxygen atoms in total. The van der Waals surface area contributed by atoms with E-state index in [0.717, 1.165) is 21.9 Å². The molecule has 7 heteroatoms. The van der Waals surface area contributed by atoms with Gasteiger partial charge in [-0.15, -0.1) is 5.10 Å². The topological polar surface area (TPSA) is 68.4 Å². The van der Waals surface area contributed by atoms with Gasteiger partial charge < -0.3 is 5.32 Å². The van der Waals surface area contributed by atoms with Gasteiger partial charge in [0.1, 0.15) is 6.54 Å². The van der Waals surface area contributed by atoms with Crippen LogP contribution in [0.4, 0.5) is 4.39 Å². The highest BCUT2D eigenvalue weighted by molar-refractivity contribution is 5.76. The highest BCUT2D eigenvalue weighted by Gasteiger charge is 2.24. The van der Waals surface area contributed by atoms with Crippen LogP contribution in [0.15, 0.2) is 17.1 Å². The fourth-order valence-electron chi connectivity index (χ4n) is 1.94. The van der Waals surface area contributed by atoms with Crippen molar-refractivity contribution in [2.24, 2.45) is 0 Å². The van der Waals surface area contributed by atoms with Gasteiger partial charge in [0.2, 0.25) is 5.91 Å². The number of halogens is 1. The standard InChI is InChI=1S/C12H13FN4O2/c1-7-4-9(13)11-15-17(12(19)16(11)5-7)6-10(18)14-8-2-3-8/h4-5,8H,2-3,6H2,1H3,(H,14,18). The molecule has 0 bridgehead atoms. The molecule has 1 N–H and O–H groups in total. The third-order valence-electron chi connectivity index (χ3n) is 3.01. The number of nitrogens with one attached hydrogen (secondary N) is 1. The van der Waals surface area contributed by atoms with Crippen LogP contribution in [0.5, 0.6) is 0 Å². The predicted octanol–water partition coefficient (Wildman–Crippen LogP) is 0.222. The number of carbonyl (C=O) groups excluding carboxylic acids is 1. The maximum atomic E-state index is 13.7. The summed E-state index contributed by atoms with van der Waals surface area (Å²) < 4.78 is 15.8. The molecule has 2 aromatic rings. The average Bonchev–Trinajstić information content (AvgIpc) is 3.08. The van der Waals surface area contributed by atoms with Crippen molar-refractivity contribution in [2.75, 3.05) is 0 Å². The molecule has 100 valence electrons. The molecule has 3 rings (SSSR count). The Kier molecular flexibility index (Phi) is 2.62. The van der Waals surface area contributed by atoms with Gasteiger partial charge in [-0.1, -0.05) is 0 Å². The Hall–Kier alpha value is -2.18. The lowest BCUT2D eigenvalue weighted by Crippen LogP contribution is -2.33. The Balaban J connectivity index is 1.95. The monoisotopic (exact) mass is 264 g/mol. The zero-order chi connectivity index (χ0) is 13.6. The molecule has 2 aromatic heterocycles. The zero-order valence-corrected chi connectivity index (χ0v) is 10.4. The predicted molar refractivity (Wildman–Crippen MR) is 65.3 cm³/mol. The summed E-state index contributed by atoms with van der Waals surface area (Å²) in [5.74, 6) is -0.844. The van der Waals surface area contributed by atoms with Crippen LogP contribution >= 0.6 is 0 Å². The number of carbonyl (C=O) groups is 1. The molecule has 0 aliphatic heterocycles. The number of hydrogen-bond donors (Lipinski definition) is 1. The second-order valence-electron chi connectivity index (χ2n) is 4.84. The van der Waals surface area contributed by atoms with E-state index in [9.17, 15) is 14.0 Å². The molecule has 0 aromatic carbocycles. The summed E-state index contributed by atoms with van der Waals surface area (Å²) in [5, 5.41) is 6.61. The van der Waals surface area contributed by atoms with Gasteiger partial charge in [0.15, 0.2) is 11.5 Å². The smallest absolute Gasteiger partial charge is 0.350 e. The summed E-state index contributed by atoms with van der Waals surface area (Å²) in [6.45, 7) is 1.50. The molecule has 0 saturated heterocycles. The van der Waals surface area contributed by atoms with Crippen molar-refractivity contribution in [1.29, 1.82) is 0 Å². The maximum Gasteiger partial charge on any atom is 0.350 e. The molecule has 0 atom stereocenters. The third kappa shape index (κ3) is 2.23. The Bertz CT molecular complexity index is 714. The van der Waals surface area contributed by atoms with E-state index >= 15 is 0 Å². The molecule has 0 spiro atoms. The Labute approximate surface area is 107 Å². The van der Waals surface area contributed by atoms with Gasteiger partial charge in [0, 0.05) is 12.2 Å². The van der Waals surface area contributed by atoms with Gasteiger partial charge in [-0.3, -0.25) is 4.79 Å². The first kappa shape index (κ1) is 11.9. The molecule has 0 unspecified atom stereocenters. The number of aromatic nitrogens is 3. The third-order valence-corrected chi connectivity index (χ3v) is 3.01. The largest absolute Gasteiger partial charge is 0.352 e. The van der Waals surface area contributed by atoms with E-state index in [0.29, 0.717) is 5.56 Å². The Morgan fingerprint density at radius 3 is 3.00 bits per heavy atom. The van der Waals surface area contributed by atoms with E-state index in [4.69, 9.17) is 0 Å². The minimum Gasteiger partial charge on any atom is -0.352 e. The fraction of sp³-hybridized carbons (Fsp3) is 0.417. The van der Waals surface area contributed by atoms with Crippen molar-refractivity contribution in [2.45, 2.75) is 32.4 Å². The molecule has 2 heterocycles. The zero-order valence-electron chi connectivity index (χ0n) is 10.4. The first-order chi connectivity index (χ1) is 9.04. The van der Waals surface area contributed by atoms with Crippen LogP contribution in [0.3, 0.4) is 0 Å². The van der Waals surface area contributed by atoms with Crippen molar-refractivity contribution in [1.82, 2.24) is 19.5 Å². The second kappa shape index (κ2) is 4.18. The lowest BCUT2D eigenvalue weighted by molar-refractivity contribution is -0.122. The number of rotatable bonds is 3. The van der Waals surface area contributed by atoms with Crippen LogP contribution in [0.2, 0.25) is 0 Å². The summed E-state index contributed by atoms with van der Waals surface area (Å²) in [6, 6.07) is 1.52. The average molecular weight is 264 g/mol. The van der Waals surface area contributed by atoms with Crippen LogP contribution in [0.25, 0.3) is 5.65 Å². The van der Waals surface area contributed by atoms with Gasteiger partial charge >= 0.3 is 5.69 Å². The van der Waals surface area contributed by atoms with Crippen molar-refractivity contribution in [3.05, 3.63) is 34.1 Å². The number of aryl methyl sites for hydroxylation is 1. The van der Waals surface area contributed by atoms with Gasteiger partial charge in [0.25, 0.3) is 0 Å². The number of hydrogen-bond acceptors (Lipinski definition) is 3. The van der Waals surface area contributed by atoms with Gasteiger partial charge in [-0.25, -0.2) is 18.3 Å². The number of nitrogens with zero attached hydrogens (tertiary/aromatic N) is 3. The van der Waals surface area contributed by atoms with Crippen molar-refractivity contribution >= 4 is 11.6 Å². The van der Waals surface area contributed by atoms with Crippen LogP contribution < -0.4 is 11.0 Å². The summed E-state index contributed by atoms with van der Waals surface area (Å²) >= 11 is 0. The molecule has 1 aliphatic rings. The lowest BCUT2D eigenvalue weighted by Gasteiger charge is -2.01. The normalized spacial score (nSPS) is 14.8. The number of pyridine rings is 1. The SMILES string of the molecule is Cc1cc(F)c2nn(CC(=O)NC3CC3)c(=O)n2c1. The van der Waals surface area contributed by atoms with Gasteiger partial charge in [0.05, 0.1) is 0 Å². The van der Waals surface area contributed by atoms with E-state index in [1.54, 1.807) is 6.92 Å². The van der Waals surface area contributed by atoms with Gasteiger partial charge in [-0.2, -0.15) is 0 Å². The highest BCUT2D eigenvalue weighted by atomic mass is 19.1. The first-order valence-electron chi connectivity index (χ1n) is 6.09. The van der Waals surface area contributed by atoms with Crippen LogP contribution in [0, 0.1) is 12.7 Å². The second-order valence-corrected chi connectivity index (χ2v) is 4.84. The summed E-state index contributed by atoms with van der Waals surface area (Å²) in [4.78, 5) is 23.6. The van der Waals surface area contributed by atoms with E-state index in [1.807, 2.05) is 0 Å². The number of amides is 1. The first-order valence-corrected chi connectivity index (χ1v) is 6.09. The lowest BCUT2D eigenvalue weighted by atomic mass is 10.3. The Morgan fingerprint density at radius 1 is 1.58 bits per heavy atom. The molecular formula is C12H13FN4O2. The maximum absolute atomic E-state index is 13.7. The van der Waals surface area contributed by atoms with E-state index in [1.165, 1.54) is 12.3 Å². The summed E-state index contributed by atoms with van der Waals surface area (Å²) in [6.07, 6.45) is 3.45. The quantitative estimate of drug-likeness (QED) is 0.862. The molecular weight excluding hydrogens is 251 g/mol. The summed E-state index contributed by atoms with van der Waals surface area (Å²) in [5.41, 5.74) is 0.0486. The molecule has 19 heavy (non-hydrogen) atoms. The van der Waals surface area contributed by atoms with Crippen molar-refractivity contribution < 1.29 is 9.18 Å². The van der Waals surface area contributed by atoms with E-state index in [-0.39, 0.29) is 24.1 Å². The van der Waals surface area contributed by atoms with Gasteiger partial charge in [-0.05, 0) is 31.4 Å². The van der Waals surface area contributed by atoms with Crippen LogP contribution in [0.1, 0.15) is 18.4 Å².